The van der Waals surface area contributed by atoms with Crippen LogP contribution in [-0.2, 0) is 14.3 Å². The Balaban J connectivity index is 2.12. The first-order chi connectivity index (χ1) is 13.6. The molecule has 158 valence electrons. The molecule has 0 unspecified atom stereocenters. The van der Waals surface area contributed by atoms with Crippen LogP contribution in [0, 0.1) is 6.92 Å². The van der Waals surface area contributed by atoms with Gasteiger partial charge in [0.15, 0.2) is 5.96 Å². The minimum Gasteiger partial charge on any atom is -0.379 e. The van der Waals surface area contributed by atoms with Crippen LogP contribution in [0.1, 0.15) is 31.7 Å². The summed E-state index contributed by atoms with van der Waals surface area (Å²) in [5.41, 5.74) is 1.59. The minimum atomic E-state index is -0.0836. The summed E-state index contributed by atoms with van der Waals surface area (Å²) in [7, 11) is 1.69. The molecule has 3 N–H and O–H groups in total. The number of nitrogens with one attached hydrogen (secondary N) is 3. The van der Waals surface area contributed by atoms with Gasteiger partial charge in [-0.05, 0) is 31.0 Å². The van der Waals surface area contributed by atoms with Gasteiger partial charge in [-0.15, -0.1) is 0 Å². The monoisotopic (exact) mass is 412 g/mol. The summed E-state index contributed by atoms with van der Waals surface area (Å²) in [6.45, 7) is 7.67. The van der Waals surface area contributed by atoms with Gasteiger partial charge in [-0.3, -0.25) is 9.79 Å². The predicted molar refractivity (Wildman–Crippen MR) is 115 cm³/mol. The van der Waals surface area contributed by atoms with Crippen molar-refractivity contribution in [3.63, 3.8) is 0 Å². The summed E-state index contributed by atoms with van der Waals surface area (Å²) in [6.07, 6.45) is 2.54. The van der Waals surface area contributed by atoms with E-state index >= 15 is 0 Å². The maximum absolute atomic E-state index is 12.1. The number of rotatable bonds is 13. The van der Waals surface area contributed by atoms with Gasteiger partial charge in [0.1, 0.15) is 0 Å². The lowest BCUT2D eigenvalue weighted by Gasteiger charge is -2.13. The summed E-state index contributed by atoms with van der Waals surface area (Å²) in [4.78, 5) is 16.2. The highest BCUT2D eigenvalue weighted by atomic mass is 35.5. The number of hydrogen-bond donors (Lipinski definition) is 3. The Kier molecular flexibility index (Phi) is 13.1. The molecule has 0 aliphatic heterocycles. The van der Waals surface area contributed by atoms with Gasteiger partial charge in [-0.2, -0.15) is 0 Å². The van der Waals surface area contributed by atoms with Gasteiger partial charge in [-0.1, -0.05) is 31.0 Å². The van der Waals surface area contributed by atoms with E-state index in [-0.39, 0.29) is 5.91 Å². The third-order valence-corrected chi connectivity index (χ3v) is 4.37. The van der Waals surface area contributed by atoms with Gasteiger partial charge >= 0.3 is 0 Å². The van der Waals surface area contributed by atoms with Crippen LogP contribution in [-0.4, -0.2) is 58.4 Å². The molecule has 0 radical (unpaired) electrons. The Bertz CT molecular complexity index is 611. The van der Waals surface area contributed by atoms with Crippen molar-refractivity contribution in [2.75, 3.05) is 51.9 Å². The first-order valence-electron chi connectivity index (χ1n) is 9.73. The summed E-state index contributed by atoms with van der Waals surface area (Å²) in [6, 6.07) is 5.45. The van der Waals surface area contributed by atoms with Crippen molar-refractivity contribution in [1.82, 2.24) is 10.6 Å². The fraction of sp³-hybridized carbons (Fsp3) is 0.600. The first-order valence-corrected chi connectivity index (χ1v) is 10.1. The third-order valence-electron chi connectivity index (χ3n) is 3.96. The highest BCUT2D eigenvalue weighted by Crippen LogP contribution is 2.22. The largest absolute Gasteiger partial charge is 0.379 e. The van der Waals surface area contributed by atoms with Crippen molar-refractivity contribution in [3.05, 3.63) is 28.8 Å². The maximum Gasteiger partial charge on any atom is 0.226 e. The van der Waals surface area contributed by atoms with Crippen LogP contribution in [0.15, 0.2) is 23.2 Å². The Morgan fingerprint density at radius 3 is 2.54 bits per heavy atom. The van der Waals surface area contributed by atoms with Crippen LogP contribution in [0.4, 0.5) is 5.69 Å². The Hall–Kier alpha value is -1.83. The lowest BCUT2D eigenvalue weighted by atomic mass is 10.2. The molecule has 1 aromatic rings. The molecule has 0 aliphatic rings. The number of nitrogens with zero attached hydrogens (tertiary/aromatic N) is 1. The molecular formula is C20H33ClN4O3. The maximum atomic E-state index is 12.1. The van der Waals surface area contributed by atoms with E-state index in [1.807, 2.05) is 19.1 Å². The van der Waals surface area contributed by atoms with E-state index in [2.05, 4.69) is 27.9 Å². The molecule has 1 amide bonds. The van der Waals surface area contributed by atoms with E-state index < -0.39 is 0 Å². The van der Waals surface area contributed by atoms with Gasteiger partial charge in [0.2, 0.25) is 5.91 Å². The molecule has 0 atom stereocenters. The SMILES string of the molecule is CCCCOCCOCCNC(=NC)NCCC(=O)Nc1cccc(Cl)c1C. The lowest BCUT2D eigenvalue weighted by Crippen LogP contribution is -2.40. The van der Waals surface area contributed by atoms with E-state index in [0.29, 0.717) is 50.3 Å². The molecule has 1 aromatic carbocycles. The molecular weight excluding hydrogens is 380 g/mol. The molecule has 0 saturated heterocycles. The second-order valence-corrected chi connectivity index (χ2v) is 6.62. The van der Waals surface area contributed by atoms with Gasteiger partial charge in [0, 0.05) is 43.9 Å². The second-order valence-electron chi connectivity index (χ2n) is 6.21. The number of halogens is 1. The number of amides is 1. The molecule has 1 rings (SSSR count). The highest BCUT2D eigenvalue weighted by molar-refractivity contribution is 6.31. The third kappa shape index (κ3) is 10.5. The van der Waals surface area contributed by atoms with E-state index in [9.17, 15) is 4.79 Å². The van der Waals surface area contributed by atoms with Crippen molar-refractivity contribution in [2.45, 2.75) is 33.1 Å². The quantitative estimate of drug-likeness (QED) is 0.263. The number of aliphatic imine (C=N–C) groups is 1. The molecule has 0 bridgehead atoms. The van der Waals surface area contributed by atoms with Crippen LogP contribution in [0.25, 0.3) is 0 Å². The zero-order valence-electron chi connectivity index (χ0n) is 17.1. The van der Waals surface area contributed by atoms with Crippen LogP contribution in [0.5, 0.6) is 0 Å². The van der Waals surface area contributed by atoms with Crippen molar-refractivity contribution in [3.8, 4) is 0 Å². The van der Waals surface area contributed by atoms with E-state index in [0.717, 1.165) is 30.7 Å². The zero-order valence-corrected chi connectivity index (χ0v) is 17.9. The number of carbonyl (C=O) groups excluding carboxylic acids is 1. The molecule has 7 nitrogen and oxygen atoms in total. The van der Waals surface area contributed by atoms with E-state index in [4.69, 9.17) is 21.1 Å². The van der Waals surface area contributed by atoms with Gasteiger partial charge in [0.05, 0.1) is 19.8 Å². The fourth-order valence-corrected chi connectivity index (χ4v) is 2.46. The van der Waals surface area contributed by atoms with E-state index in [1.54, 1.807) is 13.1 Å². The van der Waals surface area contributed by atoms with Crippen LogP contribution >= 0.6 is 11.6 Å². The van der Waals surface area contributed by atoms with Crippen molar-refractivity contribution in [2.24, 2.45) is 4.99 Å². The predicted octanol–water partition coefficient (Wildman–Crippen LogP) is 2.98. The summed E-state index contributed by atoms with van der Waals surface area (Å²) >= 11 is 6.07. The second kappa shape index (κ2) is 15.1. The van der Waals surface area contributed by atoms with Crippen molar-refractivity contribution >= 4 is 29.2 Å². The lowest BCUT2D eigenvalue weighted by molar-refractivity contribution is -0.116. The molecule has 0 aliphatic carbocycles. The Morgan fingerprint density at radius 1 is 1.11 bits per heavy atom. The number of guanidine groups is 1. The Labute approximate surface area is 173 Å². The molecule has 0 heterocycles. The summed E-state index contributed by atoms with van der Waals surface area (Å²) < 4.78 is 10.9. The fourth-order valence-electron chi connectivity index (χ4n) is 2.28. The summed E-state index contributed by atoms with van der Waals surface area (Å²) in [5.74, 6) is 0.550. The number of benzene rings is 1. The topological polar surface area (TPSA) is 84.0 Å². The summed E-state index contributed by atoms with van der Waals surface area (Å²) in [5, 5.41) is 9.76. The van der Waals surface area contributed by atoms with Crippen LogP contribution in [0.2, 0.25) is 5.02 Å². The number of ether oxygens (including phenoxy) is 2. The average Bonchev–Trinajstić information content (AvgIpc) is 2.68. The van der Waals surface area contributed by atoms with Gasteiger partial charge in [0.25, 0.3) is 0 Å². The molecule has 0 fully saturated rings. The standard InChI is InChI=1S/C20H33ClN4O3/c1-4-5-12-27-14-15-28-13-11-24-20(22-3)23-10-9-19(26)25-18-8-6-7-17(21)16(18)2/h6-8H,4-5,9-15H2,1-3H3,(H,25,26)(H2,22,23,24). The highest BCUT2D eigenvalue weighted by Gasteiger charge is 2.07. The number of hydrogen-bond acceptors (Lipinski definition) is 4. The smallest absolute Gasteiger partial charge is 0.226 e. The molecule has 0 aromatic heterocycles. The van der Waals surface area contributed by atoms with Gasteiger partial charge < -0.3 is 25.4 Å². The van der Waals surface area contributed by atoms with Crippen molar-refractivity contribution in [1.29, 1.82) is 0 Å². The minimum absolute atomic E-state index is 0.0836. The van der Waals surface area contributed by atoms with Crippen LogP contribution in [0.3, 0.4) is 0 Å². The molecule has 8 heteroatoms. The normalized spacial score (nSPS) is 11.4. The van der Waals surface area contributed by atoms with Crippen LogP contribution < -0.4 is 16.0 Å². The van der Waals surface area contributed by atoms with Gasteiger partial charge in [-0.25, -0.2) is 0 Å². The van der Waals surface area contributed by atoms with Crippen molar-refractivity contribution < 1.29 is 14.3 Å². The Morgan fingerprint density at radius 2 is 1.82 bits per heavy atom. The zero-order chi connectivity index (χ0) is 20.6. The molecule has 0 spiro atoms. The average molecular weight is 413 g/mol. The number of carbonyl (C=O) groups is 1. The number of anilines is 1. The molecule has 0 saturated carbocycles. The van der Waals surface area contributed by atoms with E-state index in [1.165, 1.54) is 0 Å². The number of unbranched alkanes of at least 4 members (excludes halogenated alkanes) is 1. The first kappa shape index (κ1) is 24.2. The molecule has 28 heavy (non-hydrogen) atoms.